The third kappa shape index (κ3) is 13.4. The van der Waals surface area contributed by atoms with E-state index in [2.05, 4.69) is 12.2 Å². The van der Waals surface area contributed by atoms with Crippen LogP contribution in [-0.2, 0) is 14.3 Å². The minimum Gasteiger partial charge on any atom is -0.508 e. The Morgan fingerprint density at radius 1 is 0.684 bits per heavy atom. The summed E-state index contributed by atoms with van der Waals surface area (Å²) in [4.78, 5) is 12.3. The van der Waals surface area contributed by atoms with E-state index in [0.29, 0.717) is 11.3 Å². The fourth-order valence-electron chi connectivity index (χ4n) is 4.41. The van der Waals surface area contributed by atoms with Gasteiger partial charge in [-0.3, -0.25) is 8.98 Å². The van der Waals surface area contributed by atoms with Gasteiger partial charge in [-0.15, -0.1) is 0 Å². The first-order chi connectivity index (χ1) is 18.4. The highest BCUT2D eigenvalue weighted by Crippen LogP contribution is 2.19. The molecule has 0 aliphatic rings. The van der Waals surface area contributed by atoms with E-state index in [9.17, 15) is 18.3 Å². The average molecular weight is 546 g/mol. The maximum atomic E-state index is 12.4. The summed E-state index contributed by atoms with van der Waals surface area (Å²) in [6.45, 7) is 2.44. The molecule has 2 aromatic carbocycles. The van der Waals surface area contributed by atoms with Crippen molar-refractivity contribution in [3.8, 4) is 5.75 Å². The molecule has 0 atom stereocenters. The number of rotatable bonds is 21. The van der Waals surface area contributed by atoms with Gasteiger partial charge in [-0.1, -0.05) is 103 Å². The number of benzene rings is 2. The number of anilines is 1. The van der Waals surface area contributed by atoms with Crippen LogP contribution in [0.4, 0.5) is 5.69 Å². The Kier molecular flexibility index (Phi) is 15.8. The highest BCUT2D eigenvalue weighted by atomic mass is 32.2. The molecule has 7 heteroatoms. The van der Waals surface area contributed by atoms with E-state index in [4.69, 9.17) is 4.18 Å². The normalized spacial score (nSPS) is 11.5. The van der Waals surface area contributed by atoms with Gasteiger partial charge in [-0.25, -0.2) is 0 Å². The van der Waals surface area contributed by atoms with Crippen LogP contribution in [0.2, 0.25) is 0 Å². The van der Waals surface area contributed by atoms with Gasteiger partial charge in [-0.05, 0) is 55.0 Å². The molecule has 0 spiro atoms. The molecule has 2 aromatic rings. The number of phenolic OH excluding ortho intramolecular Hbond substituents is 1. The lowest BCUT2D eigenvalue weighted by Crippen LogP contribution is -2.12. The van der Waals surface area contributed by atoms with Crippen molar-refractivity contribution in [3.05, 3.63) is 54.1 Å². The minimum atomic E-state index is -3.82. The molecule has 6 nitrogen and oxygen atoms in total. The Balaban J connectivity index is 1.50. The molecule has 0 saturated carbocycles. The molecule has 0 radical (unpaired) electrons. The minimum absolute atomic E-state index is 0.0663. The zero-order valence-electron chi connectivity index (χ0n) is 23.1. The number of aromatic hydroxyl groups is 1. The van der Waals surface area contributed by atoms with Gasteiger partial charge in [-0.2, -0.15) is 8.42 Å². The molecule has 212 valence electrons. The number of unbranched alkanes of at least 4 members (excludes halogenated alkanes) is 15. The highest BCUT2D eigenvalue weighted by Gasteiger charge is 2.15. The molecule has 2 N–H and O–H groups in total. The molecule has 0 unspecified atom stereocenters. The van der Waals surface area contributed by atoms with Crippen molar-refractivity contribution >= 4 is 21.7 Å². The lowest BCUT2D eigenvalue weighted by molar-refractivity contribution is 0.102. The molecule has 0 aromatic heterocycles. The molecule has 2 rings (SSSR count). The smallest absolute Gasteiger partial charge is 0.296 e. The fraction of sp³-hybridized carbons (Fsp3) is 0.581. The van der Waals surface area contributed by atoms with E-state index in [1.165, 1.54) is 132 Å². The van der Waals surface area contributed by atoms with Gasteiger partial charge in [0.25, 0.3) is 16.0 Å². The van der Waals surface area contributed by atoms with Crippen molar-refractivity contribution in [3.63, 3.8) is 0 Å². The number of carbonyl (C=O) groups is 1. The number of hydrogen-bond acceptors (Lipinski definition) is 5. The second-order valence-corrected chi connectivity index (χ2v) is 11.7. The molecule has 0 fully saturated rings. The van der Waals surface area contributed by atoms with Crippen LogP contribution >= 0.6 is 0 Å². The summed E-state index contributed by atoms with van der Waals surface area (Å²) in [5.41, 5.74) is 0.862. The SMILES string of the molecule is CCCCCCCCCCCCCCCCCCOS(=O)(=O)c1ccc(NC(=O)c2ccc(O)cc2)cc1. The van der Waals surface area contributed by atoms with Crippen molar-refractivity contribution in [1.82, 2.24) is 0 Å². The van der Waals surface area contributed by atoms with Crippen LogP contribution in [0.5, 0.6) is 5.75 Å². The van der Waals surface area contributed by atoms with Crippen LogP contribution in [0.1, 0.15) is 120 Å². The monoisotopic (exact) mass is 545 g/mol. The average Bonchev–Trinajstić information content (AvgIpc) is 2.91. The van der Waals surface area contributed by atoms with Crippen LogP contribution in [-0.4, -0.2) is 26.0 Å². The van der Waals surface area contributed by atoms with Gasteiger partial charge >= 0.3 is 0 Å². The first-order valence-electron chi connectivity index (χ1n) is 14.5. The van der Waals surface area contributed by atoms with E-state index >= 15 is 0 Å². The van der Waals surface area contributed by atoms with Gasteiger partial charge in [0.15, 0.2) is 0 Å². The number of amides is 1. The highest BCUT2D eigenvalue weighted by molar-refractivity contribution is 7.86. The Morgan fingerprint density at radius 3 is 1.61 bits per heavy atom. The van der Waals surface area contributed by atoms with Crippen LogP contribution in [0, 0.1) is 0 Å². The number of carbonyl (C=O) groups excluding carboxylic acids is 1. The predicted molar refractivity (Wildman–Crippen MR) is 155 cm³/mol. The summed E-state index contributed by atoms with van der Waals surface area (Å²) < 4.78 is 30.1. The second kappa shape index (κ2) is 18.8. The van der Waals surface area contributed by atoms with Gasteiger partial charge in [0.1, 0.15) is 5.75 Å². The Labute approximate surface area is 230 Å². The van der Waals surface area contributed by atoms with Gasteiger partial charge in [0, 0.05) is 11.3 Å². The van der Waals surface area contributed by atoms with Gasteiger partial charge in [0.2, 0.25) is 0 Å². The zero-order valence-corrected chi connectivity index (χ0v) is 23.9. The van der Waals surface area contributed by atoms with Crippen LogP contribution < -0.4 is 5.32 Å². The van der Waals surface area contributed by atoms with E-state index in [0.717, 1.165) is 19.3 Å². The summed E-state index contributed by atoms with van der Waals surface area (Å²) in [5, 5.41) is 12.0. The Hall–Kier alpha value is -2.38. The molecular weight excluding hydrogens is 498 g/mol. The first-order valence-corrected chi connectivity index (χ1v) is 15.9. The van der Waals surface area contributed by atoms with E-state index in [1.54, 1.807) is 0 Å². The van der Waals surface area contributed by atoms with Crippen molar-refractivity contribution < 1.29 is 22.5 Å². The molecule has 0 aliphatic heterocycles. The molecule has 1 amide bonds. The van der Waals surface area contributed by atoms with E-state index in [-0.39, 0.29) is 23.2 Å². The number of hydrogen-bond donors (Lipinski definition) is 2. The lowest BCUT2D eigenvalue weighted by Gasteiger charge is -2.08. The van der Waals surface area contributed by atoms with E-state index < -0.39 is 10.1 Å². The molecule has 0 saturated heterocycles. The Bertz CT molecular complexity index is 1000. The quantitative estimate of drug-likeness (QED) is 0.121. The summed E-state index contributed by atoms with van der Waals surface area (Å²) in [7, 11) is -3.82. The van der Waals surface area contributed by atoms with Gasteiger partial charge < -0.3 is 10.4 Å². The zero-order chi connectivity index (χ0) is 27.5. The second-order valence-electron chi connectivity index (χ2n) is 10.1. The van der Waals surface area contributed by atoms with Crippen LogP contribution in [0.25, 0.3) is 0 Å². The third-order valence-electron chi connectivity index (χ3n) is 6.77. The topological polar surface area (TPSA) is 92.7 Å². The third-order valence-corrected chi connectivity index (χ3v) is 8.09. The standard InChI is InChI=1S/C31H47NO5S/c1-2-3-4-5-6-7-8-9-10-11-12-13-14-15-16-17-26-37-38(35,36)30-24-20-28(21-25-30)32-31(34)27-18-22-29(33)23-19-27/h18-25,33H,2-17,26H2,1H3,(H,32,34). The van der Waals surface area contributed by atoms with E-state index in [1.807, 2.05) is 0 Å². The first kappa shape index (κ1) is 31.8. The summed E-state index contributed by atoms with van der Waals surface area (Å²) in [6, 6.07) is 11.8. The summed E-state index contributed by atoms with van der Waals surface area (Å²) in [5.74, 6) is -0.268. The van der Waals surface area contributed by atoms with Crippen molar-refractivity contribution in [1.29, 1.82) is 0 Å². The molecule has 0 heterocycles. The Morgan fingerprint density at radius 2 is 1.13 bits per heavy atom. The summed E-state index contributed by atoms with van der Waals surface area (Å²) >= 11 is 0. The largest absolute Gasteiger partial charge is 0.508 e. The molecular formula is C31H47NO5S. The molecule has 38 heavy (non-hydrogen) atoms. The molecule has 0 bridgehead atoms. The number of nitrogens with one attached hydrogen (secondary N) is 1. The lowest BCUT2D eigenvalue weighted by atomic mass is 10.0. The molecule has 0 aliphatic carbocycles. The van der Waals surface area contributed by atoms with Crippen LogP contribution in [0.15, 0.2) is 53.4 Å². The van der Waals surface area contributed by atoms with Crippen molar-refractivity contribution in [2.45, 2.75) is 115 Å². The number of phenols is 1. The maximum absolute atomic E-state index is 12.4. The van der Waals surface area contributed by atoms with Crippen molar-refractivity contribution in [2.24, 2.45) is 0 Å². The predicted octanol–water partition coefficient (Wildman–Crippen LogP) is 8.61. The maximum Gasteiger partial charge on any atom is 0.296 e. The van der Waals surface area contributed by atoms with Crippen LogP contribution in [0.3, 0.4) is 0 Å². The van der Waals surface area contributed by atoms with Gasteiger partial charge in [0.05, 0.1) is 11.5 Å². The van der Waals surface area contributed by atoms with Crippen molar-refractivity contribution in [2.75, 3.05) is 11.9 Å². The fourth-order valence-corrected chi connectivity index (χ4v) is 5.35. The summed E-state index contributed by atoms with van der Waals surface area (Å²) in [6.07, 6.45) is 20.3.